The Kier molecular flexibility index (Phi) is 3.90. The van der Waals surface area contributed by atoms with Gasteiger partial charge in [-0.15, -0.1) is 0 Å². The molecule has 0 aromatic carbocycles. The first-order chi connectivity index (χ1) is 4.52. The summed E-state index contributed by atoms with van der Waals surface area (Å²) in [6.07, 6.45) is 0.247. The summed E-state index contributed by atoms with van der Waals surface area (Å²) in [5, 5.41) is 2.26. The van der Waals surface area contributed by atoms with Gasteiger partial charge < -0.3 is 16.8 Å². The van der Waals surface area contributed by atoms with E-state index < -0.39 is 0 Å². The van der Waals surface area contributed by atoms with Crippen LogP contribution in [0.3, 0.4) is 0 Å². The lowest BCUT2D eigenvalue weighted by Crippen LogP contribution is -2.37. The predicted molar refractivity (Wildman–Crippen MR) is 43.2 cm³/mol. The van der Waals surface area contributed by atoms with Crippen LogP contribution >= 0.6 is 12.2 Å². The Morgan fingerprint density at radius 1 is 1.80 bits per heavy atom. The molecule has 0 radical (unpaired) electrons. The smallest absolute Gasteiger partial charge is 0.227 e. The van der Waals surface area contributed by atoms with Gasteiger partial charge in [-0.05, 0) is 19.1 Å². The SMILES string of the molecule is CC(N)CC(=O)NC(N)=S. The second kappa shape index (κ2) is 4.19. The van der Waals surface area contributed by atoms with E-state index in [0.717, 1.165) is 0 Å². The maximum Gasteiger partial charge on any atom is 0.227 e. The Morgan fingerprint density at radius 3 is 2.60 bits per heavy atom. The average molecular weight is 161 g/mol. The lowest BCUT2D eigenvalue weighted by molar-refractivity contribution is -0.119. The molecule has 0 saturated carbocycles. The van der Waals surface area contributed by atoms with Gasteiger partial charge in [-0.2, -0.15) is 0 Å². The number of nitrogens with two attached hydrogens (primary N) is 2. The number of carbonyl (C=O) groups is 1. The van der Waals surface area contributed by atoms with E-state index in [1.165, 1.54) is 0 Å². The third-order valence-corrected chi connectivity index (χ3v) is 0.872. The highest BCUT2D eigenvalue weighted by atomic mass is 32.1. The molecule has 0 heterocycles. The molecule has 0 aliphatic rings. The van der Waals surface area contributed by atoms with E-state index in [1.54, 1.807) is 6.92 Å². The molecule has 0 bridgehead atoms. The van der Waals surface area contributed by atoms with Gasteiger partial charge in [0.1, 0.15) is 0 Å². The molecule has 1 amide bonds. The number of hydrogen-bond acceptors (Lipinski definition) is 3. The first kappa shape index (κ1) is 9.32. The Bertz CT molecular complexity index is 146. The molecular formula is C5H11N3OS. The van der Waals surface area contributed by atoms with Crippen molar-refractivity contribution in [1.29, 1.82) is 0 Å². The second-order valence-electron chi connectivity index (χ2n) is 2.09. The molecule has 0 rings (SSSR count). The molecule has 1 atom stereocenters. The Hall–Kier alpha value is -0.680. The lowest BCUT2D eigenvalue weighted by atomic mass is 10.2. The van der Waals surface area contributed by atoms with Gasteiger partial charge in [0.15, 0.2) is 5.11 Å². The molecule has 5 heteroatoms. The number of thiocarbonyl (C=S) groups is 1. The van der Waals surface area contributed by atoms with Crippen LogP contribution in [-0.4, -0.2) is 17.1 Å². The Labute approximate surface area is 64.9 Å². The second-order valence-corrected chi connectivity index (χ2v) is 2.53. The summed E-state index contributed by atoms with van der Waals surface area (Å²) < 4.78 is 0. The monoisotopic (exact) mass is 161 g/mol. The highest BCUT2D eigenvalue weighted by Crippen LogP contribution is 1.83. The summed E-state index contributed by atoms with van der Waals surface area (Å²) in [6, 6.07) is -0.158. The number of hydrogen-bond donors (Lipinski definition) is 3. The number of carbonyl (C=O) groups excluding carboxylic acids is 1. The predicted octanol–water partition coefficient (Wildman–Crippen LogP) is -0.916. The summed E-state index contributed by atoms with van der Waals surface area (Å²) in [5.41, 5.74) is 10.4. The van der Waals surface area contributed by atoms with Crippen molar-refractivity contribution in [3.8, 4) is 0 Å². The van der Waals surface area contributed by atoms with Gasteiger partial charge >= 0.3 is 0 Å². The Morgan fingerprint density at radius 2 is 2.30 bits per heavy atom. The molecule has 0 spiro atoms. The number of nitrogens with one attached hydrogen (secondary N) is 1. The normalized spacial score (nSPS) is 12.2. The minimum absolute atomic E-state index is 0.00866. The standard InChI is InChI=1S/C5H11N3OS/c1-3(6)2-4(9)8-5(7)10/h3H,2,6H2,1H3,(H3,7,8,9,10). The summed E-state index contributed by atoms with van der Waals surface area (Å²) in [7, 11) is 0. The van der Waals surface area contributed by atoms with Crippen molar-refractivity contribution in [2.24, 2.45) is 11.5 Å². The molecule has 0 aromatic rings. The number of rotatable bonds is 2. The fraction of sp³-hybridized carbons (Fsp3) is 0.600. The van der Waals surface area contributed by atoms with E-state index in [4.69, 9.17) is 11.5 Å². The van der Waals surface area contributed by atoms with Crippen molar-refractivity contribution >= 4 is 23.2 Å². The van der Waals surface area contributed by atoms with Crippen LogP contribution in [0.2, 0.25) is 0 Å². The third-order valence-electron chi connectivity index (χ3n) is 0.770. The van der Waals surface area contributed by atoms with E-state index >= 15 is 0 Å². The van der Waals surface area contributed by atoms with Crippen LogP contribution in [0.4, 0.5) is 0 Å². The molecule has 58 valence electrons. The van der Waals surface area contributed by atoms with Crippen molar-refractivity contribution in [3.63, 3.8) is 0 Å². The zero-order chi connectivity index (χ0) is 8.15. The van der Waals surface area contributed by atoms with E-state index in [-0.39, 0.29) is 23.5 Å². The summed E-state index contributed by atoms with van der Waals surface area (Å²) in [5.74, 6) is -0.234. The van der Waals surface area contributed by atoms with Crippen molar-refractivity contribution in [2.45, 2.75) is 19.4 Å². The van der Waals surface area contributed by atoms with E-state index in [1.807, 2.05) is 0 Å². The van der Waals surface area contributed by atoms with Gasteiger partial charge in [0.05, 0.1) is 0 Å². The van der Waals surface area contributed by atoms with Crippen molar-refractivity contribution in [1.82, 2.24) is 5.32 Å². The van der Waals surface area contributed by atoms with Gasteiger partial charge in [-0.1, -0.05) is 0 Å². The zero-order valence-electron chi connectivity index (χ0n) is 5.76. The highest BCUT2D eigenvalue weighted by Gasteiger charge is 2.03. The van der Waals surface area contributed by atoms with E-state index in [2.05, 4.69) is 17.5 Å². The first-order valence-corrected chi connectivity index (χ1v) is 3.28. The minimum Gasteiger partial charge on any atom is -0.376 e. The van der Waals surface area contributed by atoms with Crippen molar-refractivity contribution in [3.05, 3.63) is 0 Å². The van der Waals surface area contributed by atoms with Crippen molar-refractivity contribution < 1.29 is 4.79 Å². The summed E-state index contributed by atoms with van der Waals surface area (Å²) >= 11 is 4.43. The van der Waals surface area contributed by atoms with Crippen LogP contribution in [0.15, 0.2) is 0 Å². The topological polar surface area (TPSA) is 81.1 Å². The van der Waals surface area contributed by atoms with Gasteiger partial charge in [0.25, 0.3) is 0 Å². The molecule has 0 aromatic heterocycles. The molecule has 5 N–H and O–H groups in total. The third kappa shape index (κ3) is 5.46. The van der Waals surface area contributed by atoms with Crippen LogP contribution in [0, 0.1) is 0 Å². The molecule has 0 fully saturated rings. The molecule has 4 nitrogen and oxygen atoms in total. The average Bonchev–Trinajstić information content (AvgIpc) is 1.58. The van der Waals surface area contributed by atoms with Gasteiger partial charge in [0, 0.05) is 12.5 Å². The molecular weight excluding hydrogens is 150 g/mol. The van der Waals surface area contributed by atoms with Crippen LogP contribution in [-0.2, 0) is 4.79 Å². The first-order valence-electron chi connectivity index (χ1n) is 2.87. The number of amides is 1. The van der Waals surface area contributed by atoms with Gasteiger partial charge in [-0.25, -0.2) is 0 Å². The highest BCUT2D eigenvalue weighted by molar-refractivity contribution is 7.80. The van der Waals surface area contributed by atoms with E-state index in [0.29, 0.717) is 0 Å². The fourth-order valence-electron chi connectivity index (χ4n) is 0.481. The van der Waals surface area contributed by atoms with Crippen LogP contribution < -0.4 is 16.8 Å². The minimum atomic E-state index is -0.234. The summed E-state index contributed by atoms with van der Waals surface area (Å²) in [4.78, 5) is 10.7. The zero-order valence-corrected chi connectivity index (χ0v) is 6.57. The molecule has 1 unspecified atom stereocenters. The quantitative estimate of drug-likeness (QED) is 0.458. The van der Waals surface area contributed by atoms with Crippen molar-refractivity contribution in [2.75, 3.05) is 0 Å². The molecule has 0 saturated heterocycles. The maximum absolute atomic E-state index is 10.7. The maximum atomic E-state index is 10.7. The van der Waals surface area contributed by atoms with Crippen LogP contribution in [0.5, 0.6) is 0 Å². The fourth-order valence-corrected chi connectivity index (χ4v) is 0.595. The van der Waals surface area contributed by atoms with Gasteiger partial charge in [0.2, 0.25) is 5.91 Å². The molecule has 0 aliphatic heterocycles. The molecule has 0 aliphatic carbocycles. The van der Waals surface area contributed by atoms with Crippen LogP contribution in [0.25, 0.3) is 0 Å². The Balaban J connectivity index is 3.54. The van der Waals surface area contributed by atoms with E-state index in [9.17, 15) is 4.79 Å². The molecule has 10 heavy (non-hydrogen) atoms. The lowest BCUT2D eigenvalue weighted by Gasteiger charge is -2.03. The summed E-state index contributed by atoms with van der Waals surface area (Å²) in [6.45, 7) is 1.74. The largest absolute Gasteiger partial charge is 0.376 e. The van der Waals surface area contributed by atoms with Gasteiger partial charge in [-0.3, -0.25) is 4.79 Å². The van der Waals surface area contributed by atoms with Crippen LogP contribution in [0.1, 0.15) is 13.3 Å².